The summed E-state index contributed by atoms with van der Waals surface area (Å²) in [6.07, 6.45) is -4.08. The third-order valence-corrected chi connectivity index (χ3v) is 20.8. The van der Waals surface area contributed by atoms with E-state index in [2.05, 4.69) is 0 Å². The fraction of sp³-hybridized carbons (Fsp3) is 0.548. The highest BCUT2D eigenvalue weighted by Crippen LogP contribution is 2.47. The Morgan fingerprint density at radius 1 is 0.359 bits per heavy atom. The van der Waals surface area contributed by atoms with Crippen molar-refractivity contribution in [1.29, 1.82) is 0 Å². The van der Waals surface area contributed by atoms with Crippen molar-refractivity contribution in [3.8, 4) is 0 Å². The fourth-order valence-electron chi connectivity index (χ4n) is 10.1. The quantitative estimate of drug-likeness (QED) is 0.105. The number of hydrogen-bond donors (Lipinski definition) is 4. The molecular weight excluding hydrogens is 1060 g/mol. The summed E-state index contributed by atoms with van der Waals surface area (Å²) in [5.74, 6) is 0.264. The molecule has 4 fully saturated rings. The predicted molar refractivity (Wildman–Crippen MR) is 313 cm³/mol. The highest BCUT2D eigenvalue weighted by atomic mass is 32.2. The monoisotopic (exact) mass is 1150 g/mol. The van der Waals surface area contributed by atoms with Crippen LogP contribution in [-0.2, 0) is 38.1 Å². The summed E-state index contributed by atoms with van der Waals surface area (Å²) in [7, 11) is 0. The van der Waals surface area contributed by atoms with E-state index in [-0.39, 0.29) is 80.3 Å². The molecule has 0 radical (unpaired) electrons. The predicted octanol–water partition coefficient (Wildman–Crippen LogP) is 11.7. The normalized spacial score (nSPS) is 33.9. The second kappa shape index (κ2) is 29.6. The molecule has 0 aromatic heterocycles. The van der Waals surface area contributed by atoms with Crippen molar-refractivity contribution in [2.45, 2.75) is 187 Å². The Labute approximate surface area is 480 Å². The smallest absolute Gasteiger partial charge is 0.159 e. The first kappa shape index (κ1) is 65.5. The van der Waals surface area contributed by atoms with Crippen LogP contribution in [0.15, 0.2) is 141 Å². The molecule has 4 aliphatic heterocycles. The summed E-state index contributed by atoms with van der Waals surface area (Å²) in [5.41, 5.74) is -2.31. The van der Waals surface area contributed by atoms with Crippen molar-refractivity contribution in [2.24, 2.45) is 46.3 Å². The van der Waals surface area contributed by atoms with Crippen molar-refractivity contribution in [2.75, 3.05) is 0 Å². The number of aliphatic hydroxyl groups is 4. The molecule has 428 valence electrons. The number of thioether (sulfide) groups is 4. The molecule has 4 aliphatic rings. The molecule has 4 N–H and O–H groups in total. The van der Waals surface area contributed by atoms with E-state index < -0.39 is 59.7 Å². The summed E-state index contributed by atoms with van der Waals surface area (Å²) in [6, 6.07) is 39.2. The minimum atomic E-state index is -0.592. The molecule has 0 saturated carbocycles. The van der Waals surface area contributed by atoms with E-state index in [4.69, 9.17) is 18.9 Å². The van der Waals surface area contributed by atoms with Gasteiger partial charge in [-0.1, -0.05) is 189 Å². The van der Waals surface area contributed by atoms with Crippen molar-refractivity contribution in [3.05, 3.63) is 121 Å². The summed E-state index contributed by atoms with van der Waals surface area (Å²) >= 11 is 5.90. The summed E-state index contributed by atoms with van der Waals surface area (Å²) in [4.78, 5) is 51.1. The maximum Gasteiger partial charge on any atom is 0.159 e. The molecule has 0 spiro atoms. The standard InChI is InChI=1S/2C16H22O3S.2C15H20O3S/c2*1-10-13(18)15(20-12-8-6-5-7-9-12)19-14(11(2)17)16(10,3)4;2*1-9-10(2)14(11(3)16)18-15(13(9)17)19-12-7-5-4-6-8-12/h2*5-10,13-15,18H,1-4H3;2*4-10,13-15,17H,1-3H3. The molecule has 0 aliphatic carbocycles. The van der Waals surface area contributed by atoms with Gasteiger partial charge in [-0.25, -0.2) is 0 Å². The molecule has 4 aromatic rings. The van der Waals surface area contributed by atoms with Crippen LogP contribution in [0.5, 0.6) is 0 Å². The zero-order valence-electron chi connectivity index (χ0n) is 47.6. The van der Waals surface area contributed by atoms with Gasteiger partial charge in [0.25, 0.3) is 0 Å². The summed E-state index contributed by atoms with van der Waals surface area (Å²) < 4.78 is 23.4. The van der Waals surface area contributed by atoms with Gasteiger partial charge >= 0.3 is 0 Å². The molecule has 4 saturated heterocycles. The lowest BCUT2D eigenvalue weighted by Crippen LogP contribution is -2.55. The van der Waals surface area contributed by atoms with Gasteiger partial charge in [0, 0.05) is 30.4 Å². The maximum absolute atomic E-state index is 11.8. The van der Waals surface area contributed by atoms with Crippen LogP contribution in [0, 0.1) is 46.3 Å². The zero-order valence-corrected chi connectivity index (χ0v) is 50.9. The van der Waals surface area contributed by atoms with Gasteiger partial charge in [-0.3, -0.25) is 19.2 Å². The molecule has 18 atom stereocenters. The van der Waals surface area contributed by atoms with E-state index in [0.717, 1.165) is 19.6 Å². The van der Waals surface area contributed by atoms with Crippen molar-refractivity contribution < 1.29 is 58.6 Å². The van der Waals surface area contributed by atoms with Gasteiger partial charge < -0.3 is 39.4 Å². The third-order valence-electron chi connectivity index (χ3n) is 16.2. The van der Waals surface area contributed by atoms with E-state index in [9.17, 15) is 39.6 Å². The Kier molecular flexibility index (Phi) is 24.8. The Morgan fingerprint density at radius 2 is 0.590 bits per heavy atom. The lowest BCUT2D eigenvalue weighted by molar-refractivity contribution is -0.180. The Balaban J connectivity index is 0.000000192. The van der Waals surface area contributed by atoms with Crippen molar-refractivity contribution in [3.63, 3.8) is 0 Å². The molecule has 78 heavy (non-hydrogen) atoms. The minimum Gasteiger partial charge on any atom is -0.389 e. The van der Waals surface area contributed by atoms with E-state index in [1.807, 2.05) is 191 Å². The number of benzene rings is 4. The highest BCUT2D eigenvalue weighted by Gasteiger charge is 2.52. The SMILES string of the molecule is CC(=O)C1OC(Sc2ccccc2)C(O)C(C)C1(C)C.CC(=O)C1OC(Sc2ccccc2)C(O)C(C)C1(C)C.CC(=O)C1OC(Sc2ccccc2)C(O)C(C)C1C.CC(=O)C1OC(Sc2ccccc2)C(O)C(C)C1C. The lowest BCUT2D eigenvalue weighted by Gasteiger charge is -2.48. The van der Waals surface area contributed by atoms with Crippen LogP contribution >= 0.6 is 47.0 Å². The van der Waals surface area contributed by atoms with E-state index in [0.29, 0.717) is 0 Å². The van der Waals surface area contributed by atoms with Crippen LogP contribution in [0.25, 0.3) is 0 Å². The van der Waals surface area contributed by atoms with Gasteiger partial charge in [0.2, 0.25) is 0 Å². The van der Waals surface area contributed by atoms with E-state index in [1.54, 1.807) is 27.7 Å². The molecule has 0 amide bonds. The van der Waals surface area contributed by atoms with Crippen molar-refractivity contribution >= 4 is 70.2 Å². The maximum atomic E-state index is 11.8. The van der Waals surface area contributed by atoms with Gasteiger partial charge in [-0.05, 0) is 112 Å². The van der Waals surface area contributed by atoms with Crippen LogP contribution in [0.4, 0.5) is 0 Å². The number of carbonyl (C=O) groups is 4. The van der Waals surface area contributed by atoms with Crippen LogP contribution in [0.3, 0.4) is 0 Å². The van der Waals surface area contributed by atoms with Gasteiger partial charge in [0.05, 0.1) is 24.4 Å². The lowest BCUT2D eigenvalue weighted by atomic mass is 9.70. The fourth-order valence-corrected chi connectivity index (χ4v) is 14.6. The third kappa shape index (κ3) is 16.9. The Bertz CT molecular complexity index is 2330. The largest absolute Gasteiger partial charge is 0.389 e. The first-order chi connectivity index (χ1) is 36.7. The molecule has 12 nitrogen and oxygen atoms in total. The number of rotatable bonds is 12. The Hall–Kier alpha value is -3.36. The number of hydrogen-bond acceptors (Lipinski definition) is 16. The first-order valence-corrected chi connectivity index (χ1v) is 30.4. The van der Waals surface area contributed by atoms with Crippen molar-refractivity contribution in [1.82, 2.24) is 0 Å². The number of carbonyl (C=O) groups excluding carboxylic acids is 4. The molecule has 16 heteroatoms. The van der Waals surface area contributed by atoms with E-state index in [1.165, 1.54) is 47.0 Å². The molecule has 8 rings (SSSR count). The van der Waals surface area contributed by atoms with Crippen LogP contribution < -0.4 is 0 Å². The van der Waals surface area contributed by atoms with Gasteiger partial charge in [-0.15, -0.1) is 0 Å². The first-order valence-electron chi connectivity index (χ1n) is 26.9. The average molecular weight is 1150 g/mol. The second-order valence-corrected chi connectivity index (χ2v) is 27.1. The van der Waals surface area contributed by atoms with Crippen LogP contribution in [0.2, 0.25) is 0 Å². The molecule has 4 heterocycles. The van der Waals surface area contributed by atoms with Gasteiger partial charge in [0.15, 0.2) is 23.1 Å². The molecular formula is C62H84O12S4. The highest BCUT2D eigenvalue weighted by molar-refractivity contribution is 8.00. The van der Waals surface area contributed by atoms with Gasteiger partial charge in [0.1, 0.15) is 46.2 Å². The zero-order chi connectivity index (χ0) is 57.8. The number of ether oxygens (including phenoxy) is 4. The van der Waals surface area contributed by atoms with E-state index >= 15 is 0 Å². The number of Topliss-reactive ketones (excluding diaryl/α,β-unsaturated/α-hetero) is 4. The summed E-state index contributed by atoms with van der Waals surface area (Å²) in [6.45, 7) is 26.0. The average Bonchev–Trinajstić information content (AvgIpc) is 3.41. The van der Waals surface area contributed by atoms with Gasteiger partial charge in [-0.2, -0.15) is 0 Å². The number of aliphatic hydroxyl groups excluding tert-OH is 4. The molecule has 0 bridgehead atoms. The minimum absolute atomic E-state index is 0.00800. The number of ketones is 4. The molecule has 18 unspecified atom stereocenters. The second-order valence-electron chi connectivity index (χ2n) is 22.4. The van der Waals surface area contributed by atoms with Crippen LogP contribution in [0.1, 0.15) is 96.9 Å². The topological polar surface area (TPSA) is 186 Å². The Morgan fingerprint density at radius 3 is 0.808 bits per heavy atom. The molecule has 4 aromatic carbocycles. The summed E-state index contributed by atoms with van der Waals surface area (Å²) in [5, 5.41) is 41.6. The van der Waals surface area contributed by atoms with Crippen LogP contribution in [-0.4, -0.2) is 114 Å².